The molecule has 0 aromatic carbocycles. The highest BCUT2D eigenvalue weighted by Crippen LogP contribution is 2.22. The fourth-order valence-corrected chi connectivity index (χ4v) is 5.05. The Hall–Kier alpha value is -2.11. The number of esters is 1. The Morgan fingerprint density at radius 2 is 1.25 bits per heavy atom. The van der Waals surface area contributed by atoms with Gasteiger partial charge in [-0.15, -0.1) is 0 Å². The molecule has 48 heavy (non-hydrogen) atoms. The quantitative estimate of drug-likeness (QED) is 0.0383. The molecule has 0 aliphatic carbocycles. The van der Waals surface area contributed by atoms with Gasteiger partial charge in [0.2, 0.25) is 0 Å². The van der Waals surface area contributed by atoms with Crippen LogP contribution in [0.25, 0.3) is 0 Å². The second kappa shape index (κ2) is 30.9. The molecule has 1 aliphatic heterocycles. The molecular weight excluding hydrogens is 612 g/mol. The lowest BCUT2D eigenvalue weighted by Gasteiger charge is -2.39. The van der Waals surface area contributed by atoms with Crippen LogP contribution in [0.1, 0.15) is 117 Å². The minimum absolute atomic E-state index is 0.119. The molecule has 0 bridgehead atoms. The summed E-state index contributed by atoms with van der Waals surface area (Å²) in [5.74, 6) is -0.375. The number of rotatable bonds is 29. The van der Waals surface area contributed by atoms with E-state index in [1.165, 1.54) is 38.5 Å². The molecule has 1 rings (SSSR count). The van der Waals surface area contributed by atoms with Gasteiger partial charge >= 0.3 is 5.97 Å². The van der Waals surface area contributed by atoms with Crippen LogP contribution in [-0.4, -0.2) is 89.6 Å². The number of hydrogen-bond donors (Lipinski definition) is 4. The highest BCUT2D eigenvalue weighted by atomic mass is 16.7. The minimum Gasteiger partial charge on any atom is -0.457 e. The fourth-order valence-electron chi connectivity index (χ4n) is 5.05. The zero-order chi connectivity index (χ0) is 35.1. The number of aliphatic hydroxyl groups excluding tert-OH is 4. The van der Waals surface area contributed by atoms with E-state index in [0.29, 0.717) is 13.0 Å². The van der Waals surface area contributed by atoms with Gasteiger partial charge in [0, 0.05) is 13.0 Å². The molecule has 9 nitrogen and oxygen atoms in total. The van der Waals surface area contributed by atoms with E-state index in [1.54, 1.807) is 0 Å². The number of ether oxygens (including phenoxy) is 4. The predicted molar refractivity (Wildman–Crippen MR) is 191 cm³/mol. The highest BCUT2D eigenvalue weighted by molar-refractivity contribution is 5.69. The maximum Gasteiger partial charge on any atom is 0.306 e. The number of aliphatic hydroxyl groups is 4. The molecule has 0 aromatic rings. The Balaban J connectivity index is 2.39. The van der Waals surface area contributed by atoms with E-state index in [4.69, 9.17) is 18.9 Å². The molecule has 1 aliphatic rings. The zero-order valence-corrected chi connectivity index (χ0v) is 29.7. The van der Waals surface area contributed by atoms with Crippen LogP contribution in [0, 0.1) is 0 Å². The average molecular weight is 679 g/mol. The van der Waals surface area contributed by atoms with Crippen LogP contribution in [0.2, 0.25) is 0 Å². The van der Waals surface area contributed by atoms with E-state index in [9.17, 15) is 25.2 Å². The van der Waals surface area contributed by atoms with Crippen molar-refractivity contribution >= 4 is 5.97 Å². The third-order valence-electron chi connectivity index (χ3n) is 7.95. The maximum atomic E-state index is 12.6. The topological polar surface area (TPSA) is 135 Å². The first-order chi connectivity index (χ1) is 23.4. The Morgan fingerprint density at radius 3 is 1.83 bits per heavy atom. The summed E-state index contributed by atoms with van der Waals surface area (Å²) < 4.78 is 22.5. The van der Waals surface area contributed by atoms with Gasteiger partial charge in [-0.1, -0.05) is 120 Å². The monoisotopic (exact) mass is 678 g/mol. The Labute approximate surface area is 290 Å². The summed E-state index contributed by atoms with van der Waals surface area (Å²) in [4.78, 5) is 12.6. The molecule has 1 saturated heterocycles. The van der Waals surface area contributed by atoms with Crippen LogP contribution in [0.4, 0.5) is 0 Å². The molecule has 276 valence electrons. The van der Waals surface area contributed by atoms with E-state index in [1.807, 2.05) is 0 Å². The molecule has 6 unspecified atom stereocenters. The van der Waals surface area contributed by atoms with Crippen molar-refractivity contribution in [1.29, 1.82) is 0 Å². The second-order valence-electron chi connectivity index (χ2n) is 12.3. The van der Waals surface area contributed by atoms with Crippen molar-refractivity contribution < 1.29 is 44.2 Å². The second-order valence-corrected chi connectivity index (χ2v) is 12.3. The summed E-state index contributed by atoms with van der Waals surface area (Å²) >= 11 is 0. The van der Waals surface area contributed by atoms with Crippen LogP contribution < -0.4 is 0 Å². The first-order valence-electron chi connectivity index (χ1n) is 18.4. The lowest BCUT2D eigenvalue weighted by Crippen LogP contribution is -2.59. The Kier molecular flexibility index (Phi) is 28.3. The molecule has 0 amide bonds. The van der Waals surface area contributed by atoms with Gasteiger partial charge in [-0.25, -0.2) is 0 Å². The normalized spacial score (nSPS) is 22.7. The van der Waals surface area contributed by atoms with Crippen molar-refractivity contribution in [2.75, 3.05) is 26.4 Å². The van der Waals surface area contributed by atoms with E-state index < -0.39 is 43.4 Å². The predicted octanol–water partition coefficient (Wildman–Crippen LogP) is 6.79. The van der Waals surface area contributed by atoms with Gasteiger partial charge in [-0.3, -0.25) is 4.79 Å². The van der Waals surface area contributed by atoms with E-state index in [2.05, 4.69) is 74.6 Å². The van der Waals surface area contributed by atoms with Crippen molar-refractivity contribution in [2.24, 2.45) is 0 Å². The summed E-state index contributed by atoms with van der Waals surface area (Å²) in [6.07, 6.45) is 29.7. The molecule has 9 heteroatoms. The molecule has 4 N–H and O–H groups in total. The van der Waals surface area contributed by atoms with Gasteiger partial charge in [-0.05, 0) is 51.4 Å². The number of allylic oxidation sites excluding steroid dienone is 10. The number of carbonyl (C=O) groups excluding carboxylic acids is 1. The molecule has 0 aromatic heterocycles. The number of hydrogen-bond acceptors (Lipinski definition) is 9. The van der Waals surface area contributed by atoms with Crippen molar-refractivity contribution in [3.63, 3.8) is 0 Å². The largest absolute Gasteiger partial charge is 0.457 e. The van der Waals surface area contributed by atoms with Gasteiger partial charge in [0.1, 0.15) is 30.5 Å². The van der Waals surface area contributed by atoms with Crippen LogP contribution in [-0.2, 0) is 23.7 Å². The molecule has 0 spiro atoms. The van der Waals surface area contributed by atoms with Gasteiger partial charge in [0.05, 0.1) is 19.8 Å². The van der Waals surface area contributed by atoms with Crippen LogP contribution in [0.15, 0.2) is 60.8 Å². The zero-order valence-electron chi connectivity index (χ0n) is 29.7. The summed E-state index contributed by atoms with van der Waals surface area (Å²) in [6, 6.07) is 0. The Morgan fingerprint density at radius 1 is 0.688 bits per heavy atom. The number of unbranched alkanes of at least 4 members (excludes halogenated alkanes) is 8. The standard InChI is InChI=1S/C39H66O9/c1-3-5-7-9-11-13-14-15-16-17-18-19-20-21-22-24-26-28-35(41)47-33(31-45-29-27-25-23-12-10-8-6-4-2)32-46-39-38(44)37(43)36(42)34(30-40)48-39/h5,7,11,13,15-16,18-19,21-22,33-34,36-40,42-44H,3-4,6,8-10,12,14,17,20,23-32H2,1-2H3/b7-5-,13-11-,16-15-,19-18-,22-21-. The van der Waals surface area contributed by atoms with Gasteiger partial charge < -0.3 is 39.4 Å². The fraction of sp³-hybridized carbons (Fsp3) is 0.718. The van der Waals surface area contributed by atoms with Crippen LogP contribution in [0.3, 0.4) is 0 Å². The first kappa shape index (κ1) is 43.9. The van der Waals surface area contributed by atoms with Crippen LogP contribution in [0.5, 0.6) is 0 Å². The summed E-state index contributed by atoms with van der Waals surface area (Å²) in [5.41, 5.74) is 0. The van der Waals surface area contributed by atoms with Gasteiger partial charge in [0.15, 0.2) is 6.29 Å². The van der Waals surface area contributed by atoms with Crippen molar-refractivity contribution in [2.45, 2.75) is 153 Å². The highest BCUT2D eigenvalue weighted by Gasteiger charge is 2.44. The van der Waals surface area contributed by atoms with E-state index in [0.717, 1.165) is 51.4 Å². The molecule has 0 saturated carbocycles. The van der Waals surface area contributed by atoms with Crippen molar-refractivity contribution in [3.05, 3.63) is 60.8 Å². The van der Waals surface area contributed by atoms with Crippen LogP contribution >= 0.6 is 0 Å². The molecular formula is C39H66O9. The van der Waals surface area contributed by atoms with E-state index in [-0.39, 0.29) is 25.6 Å². The van der Waals surface area contributed by atoms with Crippen molar-refractivity contribution in [3.8, 4) is 0 Å². The van der Waals surface area contributed by atoms with Crippen molar-refractivity contribution in [1.82, 2.24) is 0 Å². The molecule has 1 fully saturated rings. The number of carbonyl (C=O) groups is 1. The van der Waals surface area contributed by atoms with Gasteiger partial charge in [-0.2, -0.15) is 0 Å². The van der Waals surface area contributed by atoms with Gasteiger partial charge in [0.25, 0.3) is 0 Å². The van der Waals surface area contributed by atoms with E-state index >= 15 is 0 Å². The average Bonchev–Trinajstić information content (AvgIpc) is 3.08. The third kappa shape index (κ3) is 22.5. The smallest absolute Gasteiger partial charge is 0.306 e. The molecule has 6 atom stereocenters. The first-order valence-corrected chi connectivity index (χ1v) is 18.4. The Bertz CT molecular complexity index is 911. The third-order valence-corrected chi connectivity index (χ3v) is 7.95. The maximum absolute atomic E-state index is 12.6. The minimum atomic E-state index is -1.55. The SMILES string of the molecule is CC/C=C\C/C=C\C/C=C\C/C=C\C/C=C\CCCC(=O)OC(COCCCCCCCCCC)COC1OC(CO)C(O)C(O)C1O. The summed E-state index contributed by atoms with van der Waals surface area (Å²) in [5, 5.41) is 39.8. The summed E-state index contributed by atoms with van der Waals surface area (Å²) in [7, 11) is 0. The molecule has 1 heterocycles. The lowest BCUT2D eigenvalue weighted by atomic mass is 9.99. The summed E-state index contributed by atoms with van der Waals surface area (Å²) in [6.45, 7) is 4.31. The lowest BCUT2D eigenvalue weighted by molar-refractivity contribution is -0.305. The molecule has 0 radical (unpaired) electrons.